The van der Waals surface area contributed by atoms with Crippen LogP contribution in [-0.4, -0.2) is 147 Å². The van der Waals surface area contributed by atoms with Gasteiger partial charge in [0.2, 0.25) is 0 Å². The van der Waals surface area contributed by atoms with E-state index in [2.05, 4.69) is 384 Å². The van der Waals surface area contributed by atoms with Crippen molar-refractivity contribution in [3.05, 3.63) is 266 Å². The van der Waals surface area contributed by atoms with Gasteiger partial charge in [-0.15, -0.1) is 0 Å². The van der Waals surface area contributed by atoms with Crippen molar-refractivity contribution >= 4 is 55.9 Å². The number of benzene rings is 8. The number of rotatable bonds is 24. The predicted octanol–water partition coefficient (Wildman–Crippen LogP) is -1.43. The summed E-state index contributed by atoms with van der Waals surface area (Å²) in [7, 11) is 26.1. The van der Waals surface area contributed by atoms with E-state index in [1.807, 2.05) is 18.2 Å². The van der Waals surface area contributed by atoms with E-state index in [0.29, 0.717) is 39.3 Å². The van der Waals surface area contributed by atoms with E-state index in [-0.39, 0.29) is 135 Å². The Labute approximate surface area is 731 Å². The molecule has 4 unspecified atom stereocenters. The number of hydrogen-bond acceptors (Lipinski definition) is 6. The summed E-state index contributed by atoms with van der Waals surface area (Å²) in [6, 6.07) is 61.8. The van der Waals surface area contributed by atoms with Gasteiger partial charge in [-0.1, -0.05) is 46.9 Å². The number of likely N-dealkylation sites (N-methyl/N-ethyl adjacent to an activating group) is 4. The number of nitrogens with zero attached hydrogens (tertiary/aromatic N) is 6. The molecular weight excluding hydrogens is 2260 g/mol. The van der Waals surface area contributed by atoms with Crippen molar-refractivity contribution in [1.82, 2.24) is 24.3 Å². The molecule has 0 fully saturated rings. The van der Waals surface area contributed by atoms with E-state index in [0.717, 1.165) is 37.5 Å². The first-order chi connectivity index (χ1) is 49.3. The Hall–Kier alpha value is 0.610. The van der Waals surface area contributed by atoms with E-state index < -0.39 is 0 Å². The Kier molecular flexibility index (Phi) is 58.5. The van der Waals surface area contributed by atoms with Crippen LogP contribution in [-0.2, 0) is 36.7 Å². The van der Waals surface area contributed by atoms with Gasteiger partial charge in [0.15, 0.2) is 0 Å². The summed E-state index contributed by atoms with van der Waals surface area (Å²) in [4.78, 5) is 25.1. The molecule has 0 saturated heterocycles. The monoisotopic (exact) mass is 2390 g/mol. The molecule has 0 aromatic heterocycles. The van der Waals surface area contributed by atoms with Gasteiger partial charge >= 0.3 is 641 Å². The van der Waals surface area contributed by atoms with Gasteiger partial charge in [-0.25, -0.2) is 0 Å². The van der Waals surface area contributed by atoms with Crippen molar-refractivity contribution < 1.29 is 148 Å². The Bertz CT molecular complexity index is 3680. The topological polar surface area (TPSA) is 40.0 Å². The van der Waals surface area contributed by atoms with Crippen molar-refractivity contribution in [2.24, 2.45) is 0 Å². The zero-order chi connectivity index (χ0) is 78.6. The minimum atomic E-state index is -0.0532. The van der Waals surface area contributed by atoms with E-state index in [9.17, 15) is 0 Å². The molecule has 6 nitrogen and oxygen atoms in total. The standard InChI is InChI=1S/C13H25INP4.2C13H21IN.C12H18IN.C10H15IN.C9H12I.C8H7IN.C8H10I/c1-9-6-12(13(14-4)7-10(9)2)8-11(3)15(5)19(17)18-16;1-10-8-12(6-7-15(4)5)13(14-3)9-11(10)2;1-10-6-7-13(14-3)12(8-10)9-11(2)15(4)5;1-10(14(2)3)8-11-4-6-12(9-13)7-5-11;1-11-10-6-4-9(5-7-10)8-12(2)3;1-7-4-5-8(2)9(6-7)10-3;1-9-8-4-2-3-7(5-8)6-10;1-7-3-5-8(9-2)6-4-7/h6-7,11,18H,8,16-17H2,1-5H3;8-9H,6-7H2,1-5H3;6-8,11H,9H2,1-5H3;4-7,10H,8-9H2,1-3H3;4-7H,8H2,1-3H3;4-6H,1-3H3;2-5H,1H3;3-6H,1-2H3/q3*-1;;4*-1/t11-,19?;;11-;10-;;;;/m1.11..../s1. The van der Waals surface area contributed by atoms with Gasteiger partial charge in [0.25, 0.3) is 0 Å². The van der Waals surface area contributed by atoms with Gasteiger partial charge in [0.05, 0.1) is 0 Å². The molecule has 0 aliphatic heterocycles. The van der Waals surface area contributed by atoms with Gasteiger partial charge in [0, 0.05) is 10.5 Å². The minimum absolute atomic E-state index is 0.0532. The fourth-order valence-electron chi connectivity index (χ4n) is 9.63. The maximum absolute atomic E-state index is 8.52. The molecule has 0 aliphatic rings. The van der Waals surface area contributed by atoms with Crippen molar-refractivity contribution in [3.8, 4) is 6.07 Å². The van der Waals surface area contributed by atoms with Crippen LogP contribution in [0, 0.1) is 91.7 Å². The molecular formula is C86H129I8N6P4-7. The molecule has 0 saturated carbocycles. The molecule has 0 radical (unpaired) electrons. The molecule has 18 heteroatoms. The summed E-state index contributed by atoms with van der Waals surface area (Å²) in [5.74, 6) is 0. The average molecular weight is 2390 g/mol. The Balaban J connectivity index is 0.000000600. The van der Waals surface area contributed by atoms with Crippen LogP contribution >= 0.6 is 55.9 Å². The van der Waals surface area contributed by atoms with E-state index >= 15 is 0 Å². The van der Waals surface area contributed by atoms with Crippen LogP contribution in [0.5, 0.6) is 0 Å². The Morgan fingerprint density at radius 1 is 0.423 bits per heavy atom. The second-order valence-electron chi connectivity index (χ2n) is 26.6. The molecule has 0 heterocycles. The van der Waals surface area contributed by atoms with Crippen molar-refractivity contribution in [3.63, 3.8) is 0 Å². The molecule has 104 heavy (non-hydrogen) atoms. The van der Waals surface area contributed by atoms with Gasteiger partial charge in [-0.2, -0.15) is 0 Å². The first kappa shape index (κ1) is 103. The quantitative estimate of drug-likeness (QED) is 0.0421. The molecule has 586 valence electrons. The molecule has 0 aliphatic carbocycles. The molecule has 8 rings (SSSR count). The molecule has 0 N–H and O–H groups in total. The van der Waals surface area contributed by atoms with Crippen LogP contribution in [0.4, 0.5) is 0 Å². The summed E-state index contributed by atoms with van der Waals surface area (Å²) in [5, 5.41) is 8.52. The zero-order valence-electron chi connectivity index (χ0n) is 68.0. The van der Waals surface area contributed by atoms with Gasteiger partial charge < -0.3 is 4.90 Å². The molecule has 0 spiro atoms. The average Bonchev–Trinajstić information content (AvgIpc) is 0.842. The number of hydrogen-bond donors (Lipinski definition) is 0. The number of nitriles is 1. The third kappa shape index (κ3) is 43.8. The molecule has 8 aromatic carbocycles. The number of halogens is 8. The van der Waals surface area contributed by atoms with Crippen LogP contribution in [0.15, 0.2) is 158 Å². The summed E-state index contributed by atoms with van der Waals surface area (Å²) in [6.45, 7) is 26.7. The van der Waals surface area contributed by atoms with Gasteiger partial charge in [0.1, 0.15) is 0 Å². The predicted molar refractivity (Wildman–Crippen MR) is 453 cm³/mol. The maximum atomic E-state index is 8.52. The summed E-state index contributed by atoms with van der Waals surface area (Å²) >= 11 is 3.94. The first-order valence-electron chi connectivity index (χ1n) is 34.8. The molecule has 8 aromatic rings. The van der Waals surface area contributed by atoms with Crippen molar-refractivity contribution in [2.45, 2.75) is 131 Å². The van der Waals surface area contributed by atoms with Crippen LogP contribution in [0.2, 0.25) is 0 Å². The second kappa shape index (κ2) is 59.3. The third-order valence-electron chi connectivity index (χ3n) is 17.1. The van der Waals surface area contributed by atoms with Crippen LogP contribution in [0.25, 0.3) is 0 Å². The Morgan fingerprint density at radius 3 is 1.32 bits per heavy atom. The fourth-order valence-corrected chi connectivity index (χ4v) is 24.8. The van der Waals surface area contributed by atoms with Crippen LogP contribution < -0.4 is 148 Å². The molecule has 0 amide bonds. The van der Waals surface area contributed by atoms with E-state index in [4.69, 9.17) is 5.26 Å². The Morgan fingerprint density at radius 2 is 0.856 bits per heavy atom. The molecule has 7 atom stereocenters. The summed E-state index contributed by atoms with van der Waals surface area (Å²) in [6.07, 6.45) is 4.69. The normalized spacial score (nSPS) is 12.2. The van der Waals surface area contributed by atoms with Crippen LogP contribution in [0.3, 0.4) is 0 Å². The summed E-state index contributed by atoms with van der Waals surface area (Å²) in [5.41, 5.74) is 21.1. The van der Waals surface area contributed by atoms with Crippen LogP contribution in [0.1, 0.15) is 104 Å². The fraction of sp³-hybridized carbons (Fsp3) is 0.430. The summed E-state index contributed by atoms with van der Waals surface area (Å²) < 4.78 is 14.5. The van der Waals surface area contributed by atoms with Gasteiger partial charge in [-0.05, 0) is 38.6 Å². The van der Waals surface area contributed by atoms with Gasteiger partial charge in [-0.3, -0.25) is 0 Å². The third-order valence-corrected chi connectivity index (χ3v) is 43.3. The first-order valence-corrected chi connectivity index (χ1v) is 65.5. The number of alkyl halides is 8. The van der Waals surface area contributed by atoms with E-state index in [1.54, 1.807) is 31.0 Å². The number of aryl methyl sites for hydroxylation is 8. The second-order valence-corrected chi connectivity index (χ2v) is 52.4. The molecule has 0 bridgehead atoms. The van der Waals surface area contributed by atoms with E-state index in [1.165, 1.54) is 91.2 Å². The van der Waals surface area contributed by atoms with Crippen molar-refractivity contribution in [1.29, 1.82) is 5.26 Å². The SMILES string of the molecule is C[C@H](Cc1ccc(CI)cc1)N(C)C.C[I-]c1cc(C)c(C)cc1CCN(C)C.C[I-]c1cc(C)c(C)cc1C[C@@H](C)N(C)P(P)PP.C[I-]c1cc(C)ccc1C.C[I-]c1ccc(C)cc1.C[I-]c1ccc(C)cc1C[C@@H](C)N(C)C.C[I-]c1ccc(CN(C)C)cc1.C[I-]c1cccc(C#N)c1. The zero-order valence-corrected chi connectivity index (χ0v) is 89.5. The van der Waals surface area contributed by atoms with Crippen molar-refractivity contribution in [2.75, 3.05) is 104 Å².